The SMILES string of the molecule is COC(=O)c1ccc(OC(F)F)c(C#Cc2cnc(N)nc2)c1. The number of anilines is 1. The summed E-state index contributed by atoms with van der Waals surface area (Å²) in [6, 6.07) is 3.83. The Labute approximate surface area is 130 Å². The van der Waals surface area contributed by atoms with Gasteiger partial charge in [0, 0.05) is 12.4 Å². The quantitative estimate of drug-likeness (QED) is 0.686. The largest absolute Gasteiger partial charge is 0.465 e. The van der Waals surface area contributed by atoms with Crippen molar-refractivity contribution in [2.45, 2.75) is 6.61 Å². The highest BCUT2D eigenvalue weighted by Crippen LogP contribution is 2.22. The molecule has 0 amide bonds. The third-order valence-electron chi connectivity index (χ3n) is 2.63. The average Bonchev–Trinajstić information content (AvgIpc) is 2.54. The monoisotopic (exact) mass is 319 g/mol. The third kappa shape index (κ3) is 4.38. The highest BCUT2D eigenvalue weighted by molar-refractivity contribution is 5.90. The number of hydrogen-bond acceptors (Lipinski definition) is 6. The van der Waals surface area contributed by atoms with Crippen LogP contribution in [0.3, 0.4) is 0 Å². The van der Waals surface area contributed by atoms with E-state index in [1.165, 1.54) is 37.7 Å². The molecule has 8 heteroatoms. The Hall–Kier alpha value is -3.21. The third-order valence-corrected chi connectivity index (χ3v) is 2.63. The van der Waals surface area contributed by atoms with Gasteiger partial charge in [0.25, 0.3) is 0 Å². The van der Waals surface area contributed by atoms with Crippen LogP contribution in [0.4, 0.5) is 14.7 Å². The number of halogens is 2. The fourth-order valence-electron chi connectivity index (χ4n) is 1.61. The Morgan fingerprint density at radius 1 is 1.26 bits per heavy atom. The molecule has 0 radical (unpaired) electrons. The number of carbonyl (C=O) groups is 1. The number of esters is 1. The number of hydrogen-bond donors (Lipinski definition) is 1. The fraction of sp³-hybridized carbons (Fsp3) is 0.133. The molecule has 1 heterocycles. The second-order valence-corrected chi connectivity index (χ2v) is 4.16. The van der Waals surface area contributed by atoms with Gasteiger partial charge in [0.05, 0.1) is 23.8 Å². The molecule has 2 aromatic rings. The Kier molecular flexibility index (Phi) is 5.04. The molecule has 1 aromatic heterocycles. The van der Waals surface area contributed by atoms with Crippen LogP contribution in [0.15, 0.2) is 30.6 Å². The Morgan fingerprint density at radius 2 is 1.96 bits per heavy atom. The summed E-state index contributed by atoms with van der Waals surface area (Å²) in [6.07, 6.45) is 2.76. The lowest BCUT2D eigenvalue weighted by Gasteiger charge is -2.08. The van der Waals surface area contributed by atoms with Gasteiger partial charge >= 0.3 is 12.6 Å². The normalized spacial score (nSPS) is 9.91. The minimum Gasteiger partial charge on any atom is -0.465 e. The van der Waals surface area contributed by atoms with Gasteiger partial charge in [-0.3, -0.25) is 0 Å². The topological polar surface area (TPSA) is 87.3 Å². The van der Waals surface area contributed by atoms with Crippen molar-refractivity contribution in [1.82, 2.24) is 9.97 Å². The smallest absolute Gasteiger partial charge is 0.387 e. The standard InChI is InChI=1S/C15H11F2N3O3/c1-22-13(21)11-4-5-12(23-14(16)17)10(6-11)3-2-9-7-19-15(18)20-8-9/h4-8,14H,1H3,(H2,18,19,20). The molecule has 118 valence electrons. The number of benzene rings is 1. The van der Waals surface area contributed by atoms with Crippen molar-refractivity contribution in [1.29, 1.82) is 0 Å². The second-order valence-electron chi connectivity index (χ2n) is 4.16. The molecule has 6 nitrogen and oxygen atoms in total. The molecule has 0 aliphatic rings. The van der Waals surface area contributed by atoms with Crippen molar-refractivity contribution in [3.63, 3.8) is 0 Å². The van der Waals surface area contributed by atoms with Crippen LogP contribution in [0.2, 0.25) is 0 Å². The first-order valence-corrected chi connectivity index (χ1v) is 6.26. The molecular formula is C15H11F2N3O3. The summed E-state index contributed by atoms with van der Waals surface area (Å²) < 4.78 is 33.8. The number of alkyl halides is 2. The summed E-state index contributed by atoms with van der Waals surface area (Å²) in [4.78, 5) is 19.0. The van der Waals surface area contributed by atoms with Gasteiger partial charge in [-0.1, -0.05) is 11.8 Å². The van der Waals surface area contributed by atoms with Crippen molar-refractivity contribution < 1.29 is 23.0 Å². The van der Waals surface area contributed by atoms with Crippen LogP contribution in [0.25, 0.3) is 0 Å². The van der Waals surface area contributed by atoms with Crippen LogP contribution in [0.5, 0.6) is 5.75 Å². The van der Waals surface area contributed by atoms with Crippen LogP contribution >= 0.6 is 0 Å². The molecule has 23 heavy (non-hydrogen) atoms. The van der Waals surface area contributed by atoms with E-state index in [0.29, 0.717) is 5.56 Å². The van der Waals surface area contributed by atoms with E-state index in [-0.39, 0.29) is 22.8 Å². The molecule has 0 saturated carbocycles. The van der Waals surface area contributed by atoms with E-state index in [9.17, 15) is 13.6 Å². The number of aromatic nitrogens is 2. The van der Waals surface area contributed by atoms with Crippen LogP contribution in [-0.2, 0) is 4.74 Å². The van der Waals surface area contributed by atoms with E-state index in [2.05, 4.69) is 31.3 Å². The molecular weight excluding hydrogens is 308 g/mol. The Bertz CT molecular complexity index is 768. The minimum atomic E-state index is -3.01. The molecule has 0 aliphatic heterocycles. The van der Waals surface area contributed by atoms with Crippen LogP contribution in [-0.4, -0.2) is 29.7 Å². The second kappa shape index (κ2) is 7.17. The number of nitrogens with zero attached hydrogens (tertiary/aromatic N) is 2. The summed E-state index contributed by atoms with van der Waals surface area (Å²) in [7, 11) is 1.21. The Balaban J connectivity index is 2.40. The number of nitrogen functional groups attached to an aromatic ring is 1. The van der Waals surface area contributed by atoms with Gasteiger partial charge in [0.1, 0.15) is 5.75 Å². The van der Waals surface area contributed by atoms with Crippen molar-refractivity contribution in [2.75, 3.05) is 12.8 Å². The van der Waals surface area contributed by atoms with E-state index in [0.717, 1.165) is 0 Å². The maximum Gasteiger partial charge on any atom is 0.387 e. The molecule has 0 atom stereocenters. The van der Waals surface area contributed by atoms with Crippen LogP contribution in [0.1, 0.15) is 21.5 Å². The van der Waals surface area contributed by atoms with Crippen LogP contribution < -0.4 is 10.5 Å². The first-order chi connectivity index (χ1) is 11.0. The first kappa shape index (κ1) is 16.2. The predicted molar refractivity (Wildman–Crippen MR) is 76.8 cm³/mol. The van der Waals surface area contributed by atoms with Gasteiger partial charge in [0.15, 0.2) is 0 Å². The zero-order chi connectivity index (χ0) is 16.8. The number of methoxy groups -OCH3 is 1. The van der Waals surface area contributed by atoms with E-state index < -0.39 is 12.6 Å². The van der Waals surface area contributed by atoms with Crippen molar-refractivity contribution in [2.24, 2.45) is 0 Å². The highest BCUT2D eigenvalue weighted by Gasteiger charge is 2.12. The number of nitrogens with two attached hydrogens (primary N) is 1. The van der Waals surface area contributed by atoms with Crippen LogP contribution in [0, 0.1) is 11.8 Å². The van der Waals surface area contributed by atoms with Gasteiger partial charge in [0.2, 0.25) is 5.95 Å². The van der Waals surface area contributed by atoms with Gasteiger partial charge < -0.3 is 15.2 Å². The van der Waals surface area contributed by atoms with Gasteiger partial charge in [-0.25, -0.2) is 14.8 Å². The number of rotatable bonds is 3. The molecule has 0 aliphatic carbocycles. The van der Waals surface area contributed by atoms with Crippen molar-refractivity contribution >= 4 is 11.9 Å². The van der Waals surface area contributed by atoms with E-state index in [4.69, 9.17) is 5.73 Å². The summed E-state index contributed by atoms with van der Waals surface area (Å²) in [5.74, 6) is 4.63. The summed E-state index contributed by atoms with van der Waals surface area (Å²) >= 11 is 0. The van der Waals surface area contributed by atoms with E-state index in [1.54, 1.807) is 0 Å². The lowest BCUT2D eigenvalue weighted by Crippen LogP contribution is -2.06. The first-order valence-electron chi connectivity index (χ1n) is 6.26. The summed E-state index contributed by atoms with van der Waals surface area (Å²) in [5.41, 5.74) is 6.04. The maximum absolute atomic E-state index is 12.4. The van der Waals surface area contributed by atoms with Gasteiger partial charge in [-0.15, -0.1) is 0 Å². The highest BCUT2D eigenvalue weighted by atomic mass is 19.3. The van der Waals surface area contributed by atoms with Gasteiger partial charge in [-0.2, -0.15) is 8.78 Å². The molecule has 0 unspecified atom stereocenters. The minimum absolute atomic E-state index is 0.0879. The van der Waals surface area contributed by atoms with E-state index >= 15 is 0 Å². The lowest BCUT2D eigenvalue weighted by atomic mass is 10.1. The summed E-state index contributed by atoms with van der Waals surface area (Å²) in [5, 5.41) is 0. The fourth-order valence-corrected chi connectivity index (χ4v) is 1.61. The zero-order valence-corrected chi connectivity index (χ0v) is 11.9. The number of ether oxygens (including phenoxy) is 2. The molecule has 0 bridgehead atoms. The average molecular weight is 319 g/mol. The summed E-state index contributed by atoms with van der Waals surface area (Å²) in [6.45, 7) is -3.01. The molecule has 2 N–H and O–H groups in total. The molecule has 1 aromatic carbocycles. The molecule has 0 spiro atoms. The van der Waals surface area contributed by atoms with Crippen molar-refractivity contribution in [3.8, 4) is 17.6 Å². The van der Waals surface area contributed by atoms with E-state index in [1.807, 2.05) is 0 Å². The lowest BCUT2D eigenvalue weighted by molar-refractivity contribution is -0.0500. The zero-order valence-electron chi connectivity index (χ0n) is 11.9. The molecule has 2 rings (SSSR count). The Morgan fingerprint density at radius 3 is 2.57 bits per heavy atom. The predicted octanol–water partition coefficient (Wildman–Crippen LogP) is 1.85. The van der Waals surface area contributed by atoms with Crippen molar-refractivity contribution in [3.05, 3.63) is 47.3 Å². The number of carbonyl (C=O) groups excluding carboxylic acids is 1. The van der Waals surface area contributed by atoms with Gasteiger partial charge in [-0.05, 0) is 18.2 Å². The molecule has 0 fully saturated rings. The molecule has 0 saturated heterocycles. The maximum atomic E-state index is 12.4.